The first-order valence-corrected chi connectivity index (χ1v) is 4.33. The number of hydrogen-bond donors (Lipinski definition) is 2. The fourth-order valence-corrected chi connectivity index (χ4v) is 1.08. The average Bonchev–Trinajstić information content (AvgIpc) is 2.50. The Kier molecular flexibility index (Phi) is 3.60. The predicted octanol–water partition coefficient (Wildman–Crippen LogP) is 0.664. The molecule has 0 aromatic carbocycles. The summed E-state index contributed by atoms with van der Waals surface area (Å²) in [4.78, 5) is 4.17. The molecule has 12 heavy (non-hydrogen) atoms. The highest BCUT2D eigenvalue weighted by Gasteiger charge is 1.98. The maximum Gasteiger partial charge on any atom is 0.202 e. The van der Waals surface area contributed by atoms with Gasteiger partial charge in [-0.3, -0.25) is 0 Å². The molecule has 3 N–H and O–H groups in total. The molecule has 0 fully saturated rings. The second kappa shape index (κ2) is 4.77. The Labute approximate surface area is 72.8 Å². The van der Waals surface area contributed by atoms with Gasteiger partial charge >= 0.3 is 0 Å². The minimum atomic E-state index is 0.638. The Morgan fingerprint density at radius 2 is 2.50 bits per heavy atom. The van der Waals surface area contributed by atoms with E-state index >= 15 is 0 Å². The van der Waals surface area contributed by atoms with Crippen LogP contribution in [0.1, 0.15) is 13.3 Å². The molecule has 0 radical (unpaired) electrons. The van der Waals surface area contributed by atoms with Crippen LogP contribution in [0.2, 0.25) is 0 Å². The molecule has 4 heteroatoms. The number of aromatic nitrogens is 2. The fourth-order valence-electron chi connectivity index (χ4n) is 1.08. The van der Waals surface area contributed by atoms with Crippen molar-refractivity contribution in [3.8, 4) is 0 Å². The molecule has 0 saturated heterocycles. The van der Waals surface area contributed by atoms with Crippen molar-refractivity contribution in [3.05, 3.63) is 12.4 Å². The predicted molar refractivity (Wildman–Crippen MR) is 50.1 cm³/mol. The number of nitrogens with zero attached hydrogens (tertiary/aromatic N) is 2. The summed E-state index contributed by atoms with van der Waals surface area (Å²) in [7, 11) is 0. The number of nitrogens with one attached hydrogen (secondary N) is 1. The van der Waals surface area contributed by atoms with Crippen molar-refractivity contribution in [1.82, 2.24) is 9.55 Å². The number of aryl methyl sites for hydroxylation is 1. The maximum absolute atomic E-state index is 5.37. The molecule has 0 spiro atoms. The third kappa shape index (κ3) is 2.23. The zero-order valence-corrected chi connectivity index (χ0v) is 7.45. The van der Waals surface area contributed by atoms with Gasteiger partial charge in [-0.2, -0.15) is 0 Å². The van der Waals surface area contributed by atoms with Crippen molar-refractivity contribution in [3.63, 3.8) is 0 Å². The SMILES string of the molecule is CCCn1ccnc1NCCN. The highest BCUT2D eigenvalue weighted by atomic mass is 15.2. The monoisotopic (exact) mass is 168 g/mol. The Morgan fingerprint density at radius 1 is 1.67 bits per heavy atom. The smallest absolute Gasteiger partial charge is 0.202 e. The van der Waals surface area contributed by atoms with Crippen LogP contribution in [0, 0.1) is 0 Å². The minimum absolute atomic E-state index is 0.638. The van der Waals surface area contributed by atoms with E-state index in [9.17, 15) is 0 Å². The van der Waals surface area contributed by atoms with Gasteiger partial charge in [0, 0.05) is 32.0 Å². The van der Waals surface area contributed by atoms with Gasteiger partial charge in [0.2, 0.25) is 5.95 Å². The maximum atomic E-state index is 5.37. The van der Waals surface area contributed by atoms with Gasteiger partial charge in [-0.05, 0) is 6.42 Å². The van der Waals surface area contributed by atoms with E-state index in [-0.39, 0.29) is 0 Å². The standard InChI is InChI=1S/C8H16N4/c1-2-6-12-7-5-11-8(12)10-4-3-9/h5,7H,2-4,6,9H2,1H3,(H,10,11). The van der Waals surface area contributed by atoms with Gasteiger partial charge in [0.15, 0.2) is 0 Å². The lowest BCUT2D eigenvalue weighted by Crippen LogP contribution is -2.16. The molecule has 0 bridgehead atoms. The topological polar surface area (TPSA) is 55.9 Å². The van der Waals surface area contributed by atoms with Gasteiger partial charge < -0.3 is 15.6 Å². The lowest BCUT2D eigenvalue weighted by atomic mass is 10.5. The highest BCUT2D eigenvalue weighted by Crippen LogP contribution is 2.03. The number of nitrogens with two attached hydrogens (primary N) is 1. The molecule has 0 aliphatic heterocycles. The van der Waals surface area contributed by atoms with Crippen LogP contribution in [0.25, 0.3) is 0 Å². The summed E-state index contributed by atoms with van der Waals surface area (Å²) in [5, 5.41) is 3.15. The molecular formula is C8H16N4. The number of rotatable bonds is 5. The van der Waals surface area contributed by atoms with Crippen LogP contribution < -0.4 is 11.1 Å². The van der Waals surface area contributed by atoms with Crippen LogP contribution in [0.5, 0.6) is 0 Å². The van der Waals surface area contributed by atoms with Gasteiger partial charge in [-0.15, -0.1) is 0 Å². The second-order valence-electron chi connectivity index (χ2n) is 2.66. The van der Waals surface area contributed by atoms with Gasteiger partial charge in [0.25, 0.3) is 0 Å². The highest BCUT2D eigenvalue weighted by molar-refractivity contribution is 5.25. The molecule has 1 heterocycles. The first-order chi connectivity index (χ1) is 5.88. The van der Waals surface area contributed by atoms with Crippen LogP contribution >= 0.6 is 0 Å². The summed E-state index contributed by atoms with van der Waals surface area (Å²) >= 11 is 0. The van der Waals surface area contributed by atoms with Crippen molar-refractivity contribution in [2.24, 2.45) is 5.73 Å². The van der Waals surface area contributed by atoms with E-state index < -0.39 is 0 Å². The van der Waals surface area contributed by atoms with Crippen LogP contribution in [0.3, 0.4) is 0 Å². The minimum Gasteiger partial charge on any atom is -0.354 e. The van der Waals surface area contributed by atoms with Gasteiger partial charge in [0.05, 0.1) is 0 Å². The molecule has 1 rings (SSSR count). The van der Waals surface area contributed by atoms with E-state index in [1.54, 1.807) is 6.20 Å². The van der Waals surface area contributed by atoms with Crippen molar-refractivity contribution in [2.75, 3.05) is 18.4 Å². The molecule has 1 aromatic heterocycles. The number of anilines is 1. The van der Waals surface area contributed by atoms with Crippen molar-refractivity contribution in [1.29, 1.82) is 0 Å². The Hall–Kier alpha value is -1.03. The average molecular weight is 168 g/mol. The fraction of sp³-hybridized carbons (Fsp3) is 0.625. The van der Waals surface area contributed by atoms with Crippen LogP contribution in [-0.2, 0) is 6.54 Å². The Bertz CT molecular complexity index is 219. The molecular weight excluding hydrogens is 152 g/mol. The van der Waals surface area contributed by atoms with E-state index in [4.69, 9.17) is 5.73 Å². The quantitative estimate of drug-likeness (QED) is 0.679. The van der Waals surface area contributed by atoms with Crippen LogP contribution in [0.15, 0.2) is 12.4 Å². The molecule has 68 valence electrons. The summed E-state index contributed by atoms with van der Waals surface area (Å²) in [6, 6.07) is 0. The van der Waals surface area contributed by atoms with Crippen molar-refractivity contribution in [2.45, 2.75) is 19.9 Å². The van der Waals surface area contributed by atoms with Crippen LogP contribution in [0.4, 0.5) is 5.95 Å². The largest absolute Gasteiger partial charge is 0.354 e. The third-order valence-electron chi connectivity index (χ3n) is 1.61. The normalized spacial score (nSPS) is 10.2. The van der Waals surface area contributed by atoms with E-state index in [0.717, 1.165) is 25.5 Å². The third-order valence-corrected chi connectivity index (χ3v) is 1.61. The Morgan fingerprint density at radius 3 is 3.17 bits per heavy atom. The molecule has 0 amide bonds. The van der Waals surface area contributed by atoms with E-state index in [1.807, 2.05) is 6.20 Å². The molecule has 0 saturated carbocycles. The van der Waals surface area contributed by atoms with Gasteiger partial charge in [-0.1, -0.05) is 6.92 Å². The zero-order chi connectivity index (χ0) is 8.81. The summed E-state index contributed by atoms with van der Waals surface area (Å²) in [6.45, 7) is 4.57. The summed E-state index contributed by atoms with van der Waals surface area (Å²) in [5.41, 5.74) is 5.37. The van der Waals surface area contributed by atoms with Gasteiger partial charge in [0.1, 0.15) is 0 Å². The van der Waals surface area contributed by atoms with Gasteiger partial charge in [-0.25, -0.2) is 4.98 Å². The number of imidazole rings is 1. The molecule has 4 nitrogen and oxygen atoms in total. The van der Waals surface area contributed by atoms with E-state index in [1.165, 1.54) is 0 Å². The van der Waals surface area contributed by atoms with Crippen molar-refractivity contribution < 1.29 is 0 Å². The van der Waals surface area contributed by atoms with E-state index in [0.29, 0.717) is 6.54 Å². The number of hydrogen-bond acceptors (Lipinski definition) is 3. The summed E-state index contributed by atoms with van der Waals surface area (Å²) in [6.07, 6.45) is 4.89. The van der Waals surface area contributed by atoms with E-state index in [2.05, 4.69) is 21.8 Å². The first kappa shape index (κ1) is 9.06. The first-order valence-electron chi connectivity index (χ1n) is 4.33. The lowest BCUT2D eigenvalue weighted by molar-refractivity contribution is 0.682. The summed E-state index contributed by atoms with van der Waals surface area (Å²) < 4.78 is 2.09. The molecule has 0 aliphatic rings. The van der Waals surface area contributed by atoms with Crippen LogP contribution in [-0.4, -0.2) is 22.6 Å². The second-order valence-corrected chi connectivity index (χ2v) is 2.66. The zero-order valence-electron chi connectivity index (χ0n) is 7.45. The molecule has 0 aliphatic carbocycles. The Balaban J connectivity index is 2.51. The van der Waals surface area contributed by atoms with Crippen molar-refractivity contribution >= 4 is 5.95 Å². The molecule has 0 unspecified atom stereocenters. The lowest BCUT2D eigenvalue weighted by Gasteiger charge is -2.06. The molecule has 0 atom stereocenters. The summed E-state index contributed by atoms with van der Waals surface area (Å²) in [5.74, 6) is 0.919. The molecule has 1 aromatic rings.